The Labute approximate surface area is 119 Å². The molecular formula is C18H29N. The van der Waals surface area contributed by atoms with E-state index in [4.69, 9.17) is 0 Å². The summed E-state index contributed by atoms with van der Waals surface area (Å²) < 4.78 is 0. The molecule has 0 saturated heterocycles. The first-order valence-electron chi connectivity index (χ1n) is 7.56. The Morgan fingerprint density at radius 1 is 1.42 bits per heavy atom. The minimum absolute atomic E-state index is 0.692. The van der Waals surface area contributed by atoms with Crippen LogP contribution in [-0.4, -0.2) is 7.05 Å². The third kappa shape index (κ3) is 5.96. The average molecular weight is 259 g/mol. The number of unbranched alkanes of at least 4 members (excludes halogenated alkanes) is 1. The van der Waals surface area contributed by atoms with Gasteiger partial charge < -0.3 is 5.32 Å². The largest absolute Gasteiger partial charge is 0.391 e. The Balaban J connectivity index is 2.68. The van der Waals surface area contributed by atoms with E-state index >= 15 is 0 Å². The van der Waals surface area contributed by atoms with E-state index in [0.717, 1.165) is 12.8 Å². The first-order valence-corrected chi connectivity index (χ1v) is 7.56. The summed E-state index contributed by atoms with van der Waals surface area (Å²) in [4.78, 5) is 0. The van der Waals surface area contributed by atoms with E-state index in [2.05, 4.69) is 50.0 Å². The summed E-state index contributed by atoms with van der Waals surface area (Å²) in [6, 6.07) is 0. The van der Waals surface area contributed by atoms with Gasteiger partial charge in [-0.15, -0.1) is 6.58 Å². The molecule has 1 heteroatoms. The lowest BCUT2D eigenvalue weighted by atomic mass is 9.87. The van der Waals surface area contributed by atoms with Gasteiger partial charge in [-0.2, -0.15) is 0 Å². The van der Waals surface area contributed by atoms with E-state index < -0.39 is 0 Å². The second-order valence-electron chi connectivity index (χ2n) is 5.54. The maximum absolute atomic E-state index is 4.04. The highest BCUT2D eigenvalue weighted by molar-refractivity contribution is 5.31. The fourth-order valence-corrected chi connectivity index (χ4v) is 2.48. The molecule has 0 heterocycles. The second-order valence-corrected chi connectivity index (χ2v) is 5.54. The minimum atomic E-state index is 0.692. The van der Waals surface area contributed by atoms with Gasteiger partial charge >= 0.3 is 0 Å². The summed E-state index contributed by atoms with van der Waals surface area (Å²) in [7, 11) is 1.99. The number of allylic oxidation sites excluding steroid dienone is 6. The predicted octanol–water partition coefficient (Wildman–Crippen LogP) is 5.14. The smallest absolute Gasteiger partial charge is 0.0142 e. The highest BCUT2D eigenvalue weighted by atomic mass is 14.8. The SMILES string of the molecule is C=C(C)CCC(CCCC)C1=CCC(NC)=CC=C1. The summed E-state index contributed by atoms with van der Waals surface area (Å²) in [6.07, 6.45) is 16.4. The zero-order chi connectivity index (χ0) is 14.1. The third-order valence-electron chi connectivity index (χ3n) is 3.76. The van der Waals surface area contributed by atoms with Gasteiger partial charge in [0.25, 0.3) is 0 Å². The van der Waals surface area contributed by atoms with E-state index in [-0.39, 0.29) is 0 Å². The molecular weight excluding hydrogens is 230 g/mol. The molecule has 0 spiro atoms. The second kappa shape index (κ2) is 8.79. The Bertz CT molecular complexity index is 371. The Kier molecular flexibility index (Phi) is 7.32. The van der Waals surface area contributed by atoms with E-state index in [1.807, 2.05) is 7.05 Å². The molecule has 106 valence electrons. The molecule has 1 rings (SSSR count). The molecule has 0 fully saturated rings. The van der Waals surface area contributed by atoms with Gasteiger partial charge in [0, 0.05) is 19.2 Å². The van der Waals surface area contributed by atoms with Gasteiger partial charge in [-0.3, -0.25) is 0 Å². The van der Waals surface area contributed by atoms with Crippen LogP contribution in [-0.2, 0) is 0 Å². The van der Waals surface area contributed by atoms with Crippen molar-refractivity contribution < 1.29 is 0 Å². The van der Waals surface area contributed by atoms with Crippen LogP contribution in [0.3, 0.4) is 0 Å². The van der Waals surface area contributed by atoms with Gasteiger partial charge in [0.05, 0.1) is 0 Å². The molecule has 1 atom stereocenters. The van der Waals surface area contributed by atoms with Crippen molar-refractivity contribution in [2.24, 2.45) is 5.92 Å². The fraction of sp³-hybridized carbons (Fsp3) is 0.556. The average Bonchev–Trinajstić information content (AvgIpc) is 2.64. The van der Waals surface area contributed by atoms with Crippen molar-refractivity contribution in [1.82, 2.24) is 5.32 Å². The number of hydrogen-bond acceptors (Lipinski definition) is 1. The molecule has 1 unspecified atom stereocenters. The van der Waals surface area contributed by atoms with Crippen LogP contribution in [0.4, 0.5) is 0 Å². The molecule has 1 N–H and O–H groups in total. The number of nitrogens with one attached hydrogen (secondary N) is 1. The van der Waals surface area contributed by atoms with Gasteiger partial charge in [0.1, 0.15) is 0 Å². The molecule has 1 nitrogen and oxygen atoms in total. The fourth-order valence-electron chi connectivity index (χ4n) is 2.48. The zero-order valence-corrected chi connectivity index (χ0v) is 12.8. The minimum Gasteiger partial charge on any atom is -0.391 e. The van der Waals surface area contributed by atoms with E-state index in [0.29, 0.717) is 5.92 Å². The Morgan fingerprint density at radius 3 is 2.84 bits per heavy atom. The van der Waals surface area contributed by atoms with Crippen molar-refractivity contribution in [1.29, 1.82) is 0 Å². The van der Waals surface area contributed by atoms with Gasteiger partial charge in [-0.05, 0) is 43.8 Å². The summed E-state index contributed by atoms with van der Waals surface area (Å²) in [5.74, 6) is 0.692. The van der Waals surface area contributed by atoms with Crippen LogP contribution < -0.4 is 5.32 Å². The number of hydrogen-bond donors (Lipinski definition) is 1. The van der Waals surface area contributed by atoms with Crippen molar-refractivity contribution in [2.45, 2.75) is 52.4 Å². The molecule has 1 aliphatic carbocycles. The highest BCUT2D eigenvalue weighted by Crippen LogP contribution is 2.28. The first kappa shape index (κ1) is 15.8. The van der Waals surface area contributed by atoms with Crippen molar-refractivity contribution in [3.8, 4) is 0 Å². The molecule has 0 bridgehead atoms. The maximum atomic E-state index is 4.04. The van der Waals surface area contributed by atoms with Crippen molar-refractivity contribution >= 4 is 0 Å². The molecule has 0 saturated carbocycles. The molecule has 0 aliphatic heterocycles. The summed E-state index contributed by atoms with van der Waals surface area (Å²) in [5, 5.41) is 3.25. The van der Waals surface area contributed by atoms with Crippen LogP contribution >= 0.6 is 0 Å². The van der Waals surface area contributed by atoms with Crippen LogP contribution in [0.15, 0.2) is 47.7 Å². The van der Waals surface area contributed by atoms with Gasteiger partial charge in [0.2, 0.25) is 0 Å². The first-order chi connectivity index (χ1) is 9.17. The molecule has 0 aromatic carbocycles. The van der Waals surface area contributed by atoms with E-state index in [1.165, 1.54) is 42.5 Å². The molecule has 0 aromatic rings. The van der Waals surface area contributed by atoms with Crippen LogP contribution in [0, 0.1) is 5.92 Å². The molecule has 19 heavy (non-hydrogen) atoms. The lowest BCUT2D eigenvalue weighted by Gasteiger charge is -2.18. The lowest BCUT2D eigenvalue weighted by molar-refractivity contribution is 0.500. The van der Waals surface area contributed by atoms with Gasteiger partial charge in [0.15, 0.2) is 0 Å². The van der Waals surface area contributed by atoms with Gasteiger partial charge in [-0.25, -0.2) is 0 Å². The molecule has 1 aliphatic rings. The van der Waals surface area contributed by atoms with Crippen LogP contribution in [0.5, 0.6) is 0 Å². The lowest BCUT2D eigenvalue weighted by Crippen LogP contribution is -2.05. The predicted molar refractivity (Wildman–Crippen MR) is 86.0 cm³/mol. The van der Waals surface area contributed by atoms with Crippen LogP contribution in [0.1, 0.15) is 52.4 Å². The van der Waals surface area contributed by atoms with Crippen molar-refractivity contribution in [3.05, 3.63) is 47.7 Å². The topological polar surface area (TPSA) is 12.0 Å². The molecule has 0 amide bonds. The molecule has 0 radical (unpaired) electrons. The van der Waals surface area contributed by atoms with Gasteiger partial charge in [-0.1, -0.05) is 43.6 Å². The Hall–Kier alpha value is -1.24. The quantitative estimate of drug-likeness (QED) is 0.595. The van der Waals surface area contributed by atoms with E-state index in [9.17, 15) is 0 Å². The highest BCUT2D eigenvalue weighted by Gasteiger charge is 2.13. The Morgan fingerprint density at radius 2 is 2.21 bits per heavy atom. The van der Waals surface area contributed by atoms with Crippen LogP contribution in [0.25, 0.3) is 0 Å². The van der Waals surface area contributed by atoms with Crippen molar-refractivity contribution in [2.75, 3.05) is 7.05 Å². The third-order valence-corrected chi connectivity index (χ3v) is 3.76. The summed E-state index contributed by atoms with van der Waals surface area (Å²) >= 11 is 0. The summed E-state index contributed by atoms with van der Waals surface area (Å²) in [5.41, 5.74) is 4.10. The van der Waals surface area contributed by atoms with Crippen molar-refractivity contribution in [3.63, 3.8) is 0 Å². The normalized spacial score (nSPS) is 16.4. The summed E-state index contributed by atoms with van der Waals surface area (Å²) in [6.45, 7) is 8.44. The standard InChI is InChI=1S/C18H29N/c1-5-6-8-16(12-11-15(2)3)17-9-7-10-18(19-4)14-13-17/h7,9-10,13,16,19H,2,5-6,8,11-12,14H2,1,3-4H3. The molecule has 0 aromatic heterocycles. The monoisotopic (exact) mass is 259 g/mol. The maximum Gasteiger partial charge on any atom is 0.0142 e. The zero-order valence-electron chi connectivity index (χ0n) is 12.8. The number of rotatable bonds is 8. The van der Waals surface area contributed by atoms with Crippen LogP contribution in [0.2, 0.25) is 0 Å². The van der Waals surface area contributed by atoms with E-state index in [1.54, 1.807) is 0 Å².